The molecule has 1 N–H and O–H groups in total. The van der Waals surface area contributed by atoms with Crippen LogP contribution in [0.25, 0.3) is 0 Å². The maximum Gasteiger partial charge on any atom is 0.0102 e. The van der Waals surface area contributed by atoms with Crippen LogP contribution in [0.2, 0.25) is 0 Å². The minimum atomic E-state index is 1.13. The normalized spacial score (nSPS) is 11.3. The van der Waals surface area contributed by atoms with Gasteiger partial charge in [-0.15, -0.1) is 0 Å². The molecule has 0 aliphatic heterocycles. The Labute approximate surface area is 115 Å². The monoisotopic (exact) mass is 256 g/mol. The van der Waals surface area contributed by atoms with Crippen molar-refractivity contribution in [3.63, 3.8) is 0 Å². The summed E-state index contributed by atoms with van der Waals surface area (Å²) in [6, 6.07) is 0. The molecule has 0 aromatic heterocycles. The Morgan fingerprint density at radius 3 is 1.39 bits per heavy atom. The van der Waals surface area contributed by atoms with Gasteiger partial charge in [0.2, 0.25) is 0 Å². The summed E-state index contributed by atoms with van der Waals surface area (Å²) >= 11 is 0. The number of hydrogen-bond donors (Lipinski definition) is 1. The van der Waals surface area contributed by atoms with Crippen LogP contribution in [0.1, 0.15) is 84.0 Å². The van der Waals surface area contributed by atoms with Gasteiger partial charge in [0, 0.05) is 20.6 Å². The van der Waals surface area contributed by atoms with Gasteiger partial charge in [-0.1, -0.05) is 77.6 Å². The van der Waals surface area contributed by atoms with Crippen molar-refractivity contribution >= 4 is 0 Å². The van der Waals surface area contributed by atoms with Crippen LogP contribution in [0.3, 0.4) is 0 Å². The molecule has 0 atom stereocenters. The lowest BCUT2D eigenvalue weighted by Gasteiger charge is -2.11. The summed E-state index contributed by atoms with van der Waals surface area (Å²) in [6.45, 7) is 3.42. The second kappa shape index (κ2) is 15.0. The molecule has 0 heterocycles. The van der Waals surface area contributed by atoms with E-state index in [1.807, 2.05) is 5.01 Å². The van der Waals surface area contributed by atoms with Gasteiger partial charge in [0.15, 0.2) is 0 Å². The van der Waals surface area contributed by atoms with Crippen molar-refractivity contribution in [1.82, 2.24) is 10.4 Å². The van der Waals surface area contributed by atoms with E-state index < -0.39 is 0 Å². The van der Waals surface area contributed by atoms with Crippen molar-refractivity contribution in [3.05, 3.63) is 0 Å². The summed E-state index contributed by atoms with van der Waals surface area (Å²) in [5.41, 5.74) is 3.31. The van der Waals surface area contributed by atoms with Crippen LogP contribution in [0.4, 0.5) is 0 Å². The standard InChI is InChI=1S/C16H36N2/c1-4-5-6-7-8-9-10-11-12-13-14-15-16-17-18(2)3/h17H,4-16H2,1-3H3. The van der Waals surface area contributed by atoms with Crippen LogP contribution < -0.4 is 5.43 Å². The molecule has 0 fully saturated rings. The van der Waals surface area contributed by atoms with Crippen molar-refractivity contribution in [2.45, 2.75) is 84.0 Å². The number of hydrazine groups is 1. The van der Waals surface area contributed by atoms with E-state index in [4.69, 9.17) is 0 Å². The molecule has 2 heteroatoms. The third kappa shape index (κ3) is 15.9. The van der Waals surface area contributed by atoms with Gasteiger partial charge >= 0.3 is 0 Å². The molecule has 0 aromatic carbocycles. The van der Waals surface area contributed by atoms with Crippen molar-refractivity contribution < 1.29 is 0 Å². The van der Waals surface area contributed by atoms with E-state index in [1.54, 1.807) is 0 Å². The van der Waals surface area contributed by atoms with Crippen molar-refractivity contribution in [1.29, 1.82) is 0 Å². The van der Waals surface area contributed by atoms with E-state index in [0.29, 0.717) is 0 Å². The lowest BCUT2D eigenvalue weighted by molar-refractivity contribution is 0.286. The van der Waals surface area contributed by atoms with Gasteiger partial charge in [0.25, 0.3) is 0 Å². The lowest BCUT2D eigenvalue weighted by Crippen LogP contribution is -2.30. The fourth-order valence-corrected chi connectivity index (χ4v) is 2.27. The summed E-state index contributed by atoms with van der Waals surface area (Å²) in [6.07, 6.45) is 17.1. The van der Waals surface area contributed by atoms with Crippen LogP contribution >= 0.6 is 0 Å². The van der Waals surface area contributed by atoms with Crippen LogP contribution in [0, 0.1) is 0 Å². The van der Waals surface area contributed by atoms with Crippen molar-refractivity contribution in [3.8, 4) is 0 Å². The van der Waals surface area contributed by atoms with Gasteiger partial charge in [-0.05, 0) is 6.42 Å². The Morgan fingerprint density at radius 1 is 0.611 bits per heavy atom. The number of hydrogen-bond acceptors (Lipinski definition) is 2. The Hall–Kier alpha value is -0.0800. The van der Waals surface area contributed by atoms with E-state index in [1.165, 1.54) is 77.0 Å². The zero-order chi connectivity index (χ0) is 13.5. The van der Waals surface area contributed by atoms with Crippen molar-refractivity contribution in [2.24, 2.45) is 0 Å². The van der Waals surface area contributed by atoms with Crippen LogP contribution in [-0.2, 0) is 0 Å². The number of nitrogens with zero attached hydrogens (tertiary/aromatic N) is 1. The zero-order valence-corrected chi connectivity index (χ0v) is 13.1. The third-order valence-electron chi connectivity index (χ3n) is 3.46. The largest absolute Gasteiger partial charge is 0.256 e. The SMILES string of the molecule is CCCCCCCCCCCCCCNN(C)C. The summed E-state index contributed by atoms with van der Waals surface area (Å²) in [7, 11) is 4.11. The molecule has 0 saturated heterocycles. The quantitative estimate of drug-likeness (QED) is 0.356. The molecule has 18 heavy (non-hydrogen) atoms. The molecule has 0 aliphatic rings. The van der Waals surface area contributed by atoms with Crippen molar-refractivity contribution in [2.75, 3.05) is 20.6 Å². The first-order chi connectivity index (χ1) is 8.77. The molecule has 0 aromatic rings. The number of nitrogens with one attached hydrogen (secondary N) is 1. The molecule has 0 amide bonds. The van der Waals surface area contributed by atoms with E-state index in [-0.39, 0.29) is 0 Å². The third-order valence-corrected chi connectivity index (χ3v) is 3.46. The fourth-order valence-electron chi connectivity index (χ4n) is 2.27. The molecule has 0 radical (unpaired) electrons. The molecule has 0 spiro atoms. The molecule has 2 nitrogen and oxygen atoms in total. The number of rotatable bonds is 14. The van der Waals surface area contributed by atoms with E-state index in [9.17, 15) is 0 Å². The van der Waals surface area contributed by atoms with Gasteiger partial charge in [0.05, 0.1) is 0 Å². The van der Waals surface area contributed by atoms with Gasteiger partial charge in [-0.25, -0.2) is 0 Å². The smallest absolute Gasteiger partial charge is 0.0102 e. The summed E-state index contributed by atoms with van der Waals surface area (Å²) in [4.78, 5) is 0. The van der Waals surface area contributed by atoms with E-state index in [0.717, 1.165) is 6.54 Å². The Bertz CT molecular complexity index is 146. The fraction of sp³-hybridized carbons (Fsp3) is 1.00. The molecular formula is C16H36N2. The Morgan fingerprint density at radius 2 is 1.00 bits per heavy atom. The minimum absolute atomic E-state index is 1.13. The van der Waals surface area contributed by atoms with E-state index in [2.05, 4.69) is 26.4 Å². The van der Waals surface area contributed by atoms with Gasteiger partial charge < -0.3 is 0 Å². The predicted octanol–water partition coefficient (Wildman–Crippen LogP) is 4.75. The highest BCUT2D eigenvalue weighted by Crippen LogP contribution is 2.11. The average molecular weight is 256 g/mol. The minimum Gasteiger partial charge on any atom is -0.256 e. The molecular weight excluding hydrogens is 220 g/mol. The second-order valence-corrected chi connectivity index (χ2v) is 5.69. The average Bonchev–Trinajstić information content (AvgIpc) is 2.34. The predicted molar refractivity (Wildman–Crippen MR) is 82.8 cm³/mol. The summed E-state index contributed by atoms with van der Waals surface area (Å²) < 4.78 is 0. The molecule has 0 rings (SSSR count). The first-order valence-electron chi connectivity index (χ1n) is 8.18. The molecule has 0 unspecified atom stereocenters. The highest BCUT2D eigenvalue weighted by atomic mass is 15.5. The first kappa shape index (κ1) is 17.9. The zero-order valence-electron chi connectivity index (χ0n) is 13.1. The first-order valence-corrected chi connectivity index (χ1v) is 8.18. The molecule has 0 aliphatic carbocycles. The molecule has 0 bridgehead atoms. The molecule has 0 saturated carbocycles. The lowest BCUT2D eigenvalue weighted by atomic mass is 10.1. The summed E-state index contributed by atoms with van der Waals surface area (Å²) in [5, 5.41) is 2.04. The maximum atomic E-state index is 3.31. The number of unbranched alkanes of at least 4 members (excludes halogenated alkanes) is 11. The van der Waals surface area contributed by atoms with E-state index >= 15 is 0 Å². The Balaban J connectivity index is 2.90. The van der Waals surface area contributed by atoms with Gasteiger partial charge in [-0.3, -0.25) is 10.4 Å². The second-order valence-electron chi connectivity index (χ2n) is 5.69. The van der Waals surface area contributed by atoms with Crippen LogP contribution in [0.5, 0.6) is 0 Å². The molecule has 110 valence electrons. The van der Waals surface area contributed by atoms with Crippen LogP contribution in [-0.4, -0.2) is 25.6 Å². The topological polar surface area (TPSA) is 15.3 Å². The van der Waals surface area contributed by atoms with Gasteiger partial charge in [-0.2, -0.15) is 0 Å². The van der Waals surface area contributed by atoms with Gasteiger partial charge in [0.1, 0.15) is 0 Å². The highest BCUT2D eigenvalue weighted by molar-refractivity contribution is 4.49. The van der Waals surface area contributed by atoms with Crippen LogP contribution in [0.15, 0.2) is 0 Å². The Kier molecular flexibility index (Phi) is 14.9. The summed E-state index contributed by atoms with van der Waals surface area (Å²) in [5.74, 6) is 0. The highest BCUT2D eigenvalue weighted by Gasteiger charge is 1.93. The maximum absolute atomic E-state index is 3.31.